The van der Waals surface area contributed by atoms with Gasteiger partial charge in [0.2, 0.25) is 0 Å². The van der Waals surface area contributed by atoms with E-state index in [0.717, 1.165) is 0 Å². The van der Waals surface area contributed by atoms with Crippen LogP contribution in [0.15, 0.2) is 0 Å². The van der Waals surface area contributed by atoms with Crippen LogP contribution < -0.4 is 5.32 Å². The fraction of sp³-hybridized carbons (Fsp3) is 1.00. The van der Waals surface area contributed by atoms with Crippen LogP contribution in [0.3, 0.4) is 0 Å². The van der Waals surface area contributed by atoms with E-state index in [0.29, 0.717) is 5.54 Å². The van der Waals surface area contributed by atoms with Crippen LogP contribution in [0.4, 0.5) is 0 Å². The SMILES string of the molecule is CNC1(CCN2CCN(CCN(C)C)CC2)CCCCC1. The third kappa shape index (κ3) is 5.51. The molecule has 0 unspecified atom stereocenters. The lowest BCUT2D eigenvalue weighted by Gasteiger charge is -2.41. The molecule has 1 saturated heterocycles. The first kappa shape index (κ1) is 17.2. The second-order valence-corrected chi connectivity index (χ2v) is 7.33. The quantitative estimate of drug-likeness (QED) is 0.768. The van der Waals surface area contributed by atoms with Gasteiger partial charge in [-0.3, -0.25) is 4.90 Å². The molecule has 0 aromatic rings. The van der Waals surface area contributed by atoms with Gasteiger partial charge in [-0.15, -0.1) is 0 Å². The first-order chi connectivity index (χ1) is 10.1. The summed E-state index contributed by atoms with van der Waals surface area (Å²) in [6.07, 6.45) is 8.37. The van der Waals surface area contributed by atoms with Gasteiger partial charge in [-0.1, -0.05) is 19.3 Å². The number of hydrogen-bond acceptors (Lipinski definition) is 4. The van der Waals surface area contributed by atoms with Crippen molar-refractivity contribution in [2.75, 3.05) is 67.0 Å². The van der Waals surface area contributed by atoms with Crippen LogP contribution in [-0.2, 0) is 0 Å². The molecule has 4 heteroatoms. The highest BCUT2D eigenvalue weighted by atomic mass is 15.3. The van der Waals surface area contributed by atoms with Crippen molar-refractivity contribution in [1.82, 2.24) is 20.0 Å². The molecule has 0 bridgehead atoms. The second kappa shape index (κ2) is 8.47. The molecule has 21 heavy (non-hydrogen) atoms. The van der Waals surface area contributed by atoms with Crippen LogP contribution in [-0.4, -0.2) is 87.2 Å². The van der Waals surface area contributed by atoms with E-state index < -0.39 is 0 Å². The molecule has 0 atom stereocenters. The van der Waals surface area contributed by atoms with Crippen LogP contribution in [0, 0.1) is 0 Å². The maximum absolute atomic E-state index is 3.66. The third-order valence-electron chi connectivity index (χ3n) is 5.58. The van der Waals surface area contributed by atoms with Crippen LogP contribution in [0.25, 0.3) is 0 Å². The predicted molar refractivity (Wildman–Crippen MR) is 90.9 cm³/mol. The summed E-state index contributed by atoms with van der Waals surface area (Å²) >= 11 is 0. The Bertz CT molecular complexity index is 279. The molecule has 4 nitrogen and oxygen atoms in total. The van der Waals surface area contributed by atoms with E-state index in [-0.39, 0.29) is 0 Å². The Labute approximate surface area is 131 Å². The van der Waals surface area contributed by atoms with Crippen molar-refractivity contribution in [2.45, 2.75) is 44.1 Å². The molecule has 0 spiro atoms. The van der Waals surface area contributed by atoms with Gasteiger partial charge < -0.3 is 15.1 Å². The molecule has 124 valence electrons. The fourth-order valence-corrected chi connectivity index (χ4v) is 3.80. The van der Waals surface area contributed by atoms with Crippen LogP contribution in [0.5, 0.6) is 0 Å². The van der Waals surface area contributed by atoms with E-state index in [9.17, 15) is 0 Å². The predicted octanol–water partition coefficient (Wildman–Crippen LogP) is 1.48. The van der Waals surface area contributed by atoms with Crippen molar-refractivity contribution in [1.29, 1.82) is 0 Å². The molecule has 1 aliphatic carbocycles. The lowest BCUT2D eigenvalue weighted by Crippen LogP contribution is -2.51. The molecular weight excluding hydrogens is 260 g/mol. The van der Waals surface area contributed by atoms with Crippen molar-refractivity contribution >= 4 is 0 Å². The van der Waals surface area contributed by atoms with Crippen LogP contribution in [0.2, 0.25) is 0 Å². The highest BCUT2D eigenvalue weighted by molar-refractivity contribution is 4.90. The minimum Gasteiger partial charge on any atom is -0.314 e. The summed E-state index contributed by atoms with van der Waals surface area (Å²) in [5.74, 6) is 0. The van der Waals surface area contributed by atoms with Crippen LogP contribution >= 0.6 is 0 Å². The standard InChI is InChI=1S/C17H36N4/c1-18-17(7-5-4-6-8-17)9-10-20-13-15-21(16-14-20)12-11-19(2)3/h18H,4-16H2,1-3H3. The molecule has 0 aromatic heterocycles. The molecule has 2 fully saturated rings. The molecule has 2 rings (SSSR count). The lowest BCUT2D eigenvalue weighted by molar-refractivity contribution is 0.109. The Morgan fingerprint density at radius 2 is 1.48 bits per heavy atom. The molecular formula is C17H36N4. The zero-order valence-corrected chi connectivity index (χ0v) is 14.5. The van der Waals surface area contributed by atoms with Crippen molar-refractivity contribution in [3.05, 3.63) is 0 Å². The average molecular weight is 297 g/mol. The Morgan fingerprint density at radius 3 is 2.00 bits per heavy atom. The van der Waals surface area contributed by atoms with Gasteiger partial charge in [0.05, 0.1) is 0 Å². The van der Waals surface area contributed by atoms with Gasteiger partial charge in [0.25, 0.3) is 0 Å². The highest BCUT2D eigenvalue weighted by Crippen LogP contribution is 2.30. The summed E-state index contributed by atoms with van der Waals surface area (Å²) in [6, 6.07) is 0. The second-order valence-electron chi connectivity index (χ2n) is 7.33. The number of hydrogen-bond donors (Lipinski definition) is 1. The summed E-state index contributed by atoms with van der Waals surface area (Å²) in [7, 11) is 6.50. The monoisotopic (exact) mass is 296 g/mol. The summed E-state index contributed by atoms with van der Waals surface area (Å²) in [6.45, 7) is 8.70. The molecule has 1 aliphatic heterocycles. The topological polar surface area (TPSA) is 21.8 Å². The molecule has 1 heterocycles. The first-order valence-corrected chi connectivity index (χ1v) is 8.92. The number of nitrogens with one attached hydrogen (secondary N) is 1. The molecule has 2 aliphatic rings. The van der Waals surface area contributed by atoms with E-state index in [1.807, 2.05) is 0 Å². The summed E-state index contributed by atoms with van der Waals surface area (Å²) in [5, 5.41) is 3.66. The molecule has 1 N–H and O–H groups in total. The normalized spacial score (nSPS) is 24.6. The van der Waals surface area contributed by atoms with Gasteiger partial charge in [0.15, 0.2) is 0 Å². The maximum Gasteiger partial charge on any atom is 0.0190 e. The van der Waals surface area contributed by atoms with Gasteiger partial charge in [-0.05, 0) is 47.0 Å². The Hall–Kier alpha value is -0.160. The zero-order valence-electron chi connectivity index (χ0n) is 14.5. The minimum absolute atomic E-state index is 0.445. The van der Waals surface area contributed by atoms with Crippen molar-refractivity contribution in [3.8, 4) is 0 Å². The largest absolute Gasteiger partial charge is 0.314 e. The molecule has 1 saturated carbocycles. The first-order valence-electron chi connectivity index (χ1n) is 8.92. The number of rotatable bonds is 7. The van der Waals surface area contributed by atoms with E-state index in [2.05, 4.69) is 41.2 Å². The Kier molecular flexibility index (Phi) is 6.93. The van der Waals surface area contributed by atoms with Crippen molar-refractivity contribution in [2.24, 2.45) is 0 Å². The van der Waals surface area contributed by atoms with Crippen molar-refractivity contribution in [3.63, 3.8) is 0 Å². The lowest BCUT2D eigenvalue weighted by atomic mass is 9.79. The Morgan fingerprint density at radius 1 is 0.905 bits per heavy atom. The molecule has 0 aromatic carbocycles. The van der Waals surface area contributed by atoms with E-state index in [4.69, 9.17) is 0 Å². The van der Waals surface area contributed by atoms with Gasteiger partial charge in [-0.2, -0.15) is 0 Å². The highest BCUT2D eigenvalue weighted by Gasteiger charge is 2.30. The summed E-state index contributed by atoms with van der Waals surface area (Å²) in [4.78, 5) is 7.58. The smallest absolute Gasteiger partial charge is 0.0190 e. The van der Waals surface area contributed by atoms with E-state index in [1.54, 1.807) is 0 Å². The minimum atomic E-state index is 0.445. The number of nitrogens with zero attached hydrogens (tertiary/aromatic N) is 3. The van der Waals surface area contributed by atoms with Gasteiger partial charge in [-0.25, -0.2) is 0 Å². The average Bonchev–Trinajstić information content (AvgIpc) is 2.53. The van der Waals surface area contributed by atoms with Crippen LogP contribution in [0.1, 0.15) is 38.5 Å². The number of likely N-dealkylation sites (N-methyl/N-ethyl adjacent to an activating group) is 1. The van der Waals surface area contributed by atoms with Gasteiger partial charge in [0.1, 0.15) is 0 Å². The van der Waals surface area contributed by atoms with E-state index in [1.165, 1.54) is 84.3 Å². The third-order valence-corrected chi connectivity index (χ3v) is 5.58. The summed E-state index contributed by atoms with van der Waals surface area (Å²) < 4.78 is 0. The maximum atomic E-state index is 3.66. The zero-order chi connectivity index (χ0) is 15.1. The Balaban J connectivity index is 1.66. The van der Waals surface area contributed by atoms with Gasteiger partial charge in [0, 0.05) is 44.8 Å². The summed E-state index contributed by atoms with van der Waals surface area (Å²) in [5.41, 5.74) is 0.445. The van der Waals surface area contributed by atoms with Gasteiger partial charge >= 0.3 is 0 Å². The van der Waals surface area contributed by atoms with E-state index >= 15 is 0 Å². The molecule has 0 radical (unpaired) electrons. The van der Waals surface area contributed by atoms with Crippen molar-refractivity contribution < 1.29 is 0 Å². The fourth-order valence-electron chi connectivity index (χ4n) is 3.80. The number of piperazine rings is 1. The molecule has 0 amide bonds.